The van der Waals surface area contributed by atoms with Crippen LogP contribution >= 0.6 is 0 Å². The van der Waals surface area contributed by atoms with E-state index in [2.05, 4.69) is 74.2 Å². The second-order valence-corrected chi connectivity index (χ2v) is 9.78. The topological polar surface area (TPSA) is 37.2 Å². The van der Waals surface area contributed by atoms with E-state index in [1.165, 1.54) is 50.0 Å². The van der Waals surface area contributed by atoms with Gasteiger partial charge in [-0.1, -0.05) is 24.3 Å². The number of benzene rings is 2. The highest BCUT2D eigenvalue weighted by atomic mass is 15.2. The SMILES string of the molecule is c1cc(CN2CCCC3(CCN(c4cnc5ccccc5n4)CC3)C2)cc(-n2cccc2)c1. The minimum absolute atomic E-state index is 0.442. The van der Waals surface area contributed by atoms with Crippen molar-refractivity contribution in [3.63, 3.8) is 0 Å². The van der Waals surface area contributed by atoms with Gasteiger partial charge in [-0.15, -0.1) is 0 Å². The van der Waals surface area contributed by atoms with Crippen LogP contribution in [0.2, 0.25) is 0 Å². The number of rotatable bonds is 4. The highest BCUT2D eigenvalue weighted by molar-refractivity contribution is 5.75. The van der Waals surface area contributed by atoms with Gasteiger partial charge in [-0.3, -0.25) is 9.88 Å². The zero-order valence-corrected chi connectivity index (χ0v) is 19.1. The quantitative estimate of drug-likeness (QED) is 0.434. The van der Waals surface area contributed by atoms with Crippen molar-refractivity contribution in [2.75, 3.05) is 31.1 Å². The molecule has 2 aromatic heterocycles. The Morgan fingerprint density at radius 3 is 2.48 bits per heavy atom. The Kier molecular flexibility index (Phi) is 5.35. The van der Waals surface area contributed by atoms with Gasteiger partial charge in [-0.25, -0.2) is 4.98 Å². The van der Waals surface area contributed by atoms with Crippen LogP contribution in [0.4, 0.5) is 5.82 Å². The summed E-state index contributed by atoms with van der Waals surface area (Å²) in [5, 5.41) is 0. The average molecular weight is 438 g/mol. The van der Waals surface area contributed by atoms with Crippen LogP contribution in [-0.4, -0.2) is 45.6 Å². The van der Waals surface area contributed by atoms with Crippen LogP contribution in [0, 0.1) is 5.41 Å². The average Bonchev–Trinajstić information content (AvgIpc) is 3.40. The van der Waals surface area contributed by atoms with Crippen LogP contribution in [0.1, 0.15) is 31.2 Å². The summed E-state index contributed by atoms with van der Waals surface area (Å²) in [6.07, 6.45) is 11.3. The molecule has 4 heterocycles. The van der Waals surface area contributed by atoms with Crippen LogP contribution < -0.4 is 4.90 Å². The van der Waals surface area contributed by atoms with Gasteiger partial charge in [-0.05, 0) is 79.6 Å². The fraction of sp³-hybridized carbons (Fsp3) is 0.357. The molecule has 5 nitrogen and oxygen atoms in total. The molecule has 5 heteroatoms. The standard InChI is InChI=1S/C28H31N5/c1-2-10-26-25(9-1)29-20-27(30-26)33-17-12-28(13-18-33)11-6-14-31(22-28)21-23-7-5-8-24(19-23)32-15-3-4-16-32/h1-5,7-10,15-16,19-20H,6,11-14,17-18,21-22H2. The molecule has 0 amide bonds. The monoisotopic (exact) mass is 437 g/mol. The molecule has 2 aliphatic heterocycles. The smallest absolute Gasteiger partial charge is 0.147 e. The Bertz CT molecular complexity index is 1220. The second kappa shape index (κ2) is 8.64. The van der Waals surface area contributed by atoms with E-state index in [0.717, 1.165) is 36.5 Å². The van der Waals surface area contributed by atoms with Crippen molar-refractivity contribution in [2.45, 2.75) is 32.2 Å². The fourth-order valence-corrected chi connectivity index (χ4v) is 5.74. The molecule has 2 saturated heterocycles. The maximum atomic E-state index is 4.88. The molecule has 0 atom stereocenters. The Morgan fingerprint density at radius 1 is 0.818 bits per heavy atom. The van der Waals surface area contributed by atoms with Crippen LogP contribution in [0.25, 0.3) is 16.7 Å². The Balaban J connectivity index is 1.11. The summed E-state index contributed by atoms with van der Waals surface area (Å²) in [5.41, 5.74) is 5.05. The first kappa shape index (κ1) is 20.4. The van der Waals surface area contributed by atoms with E-state index in [4.69, 9.17) is 4.98 Å². The van der Waals surface area contributed by atoms with E-state index in [0.29, 0.717) is 5.41 Å². The molecule has 168 valence electrons. The van der Waals surface area contributed by atoms with Gasteiger partial charge in [0.25, 0.3) is 0 Å². The molecule has 0 N–H and O–H groups in total. The minimum atomic E-state index is 0.442. The summed E-state index contributed by atoms with van der Waals surface area (Å²) in [4.78, 5) is 14.6. The predicted octanol–water partition coefficient (Wildman–Crippen LogP) is 5.30. The van der Waals surface area contributed by atoms with Crippen molar-refractivity contribution in [3.05, 3.63) is 84.8 Å². The fourth-order valence-electron chi connectivity index (χ4n) is 5.74. The van der Waals surface area contributed by atoms with Crippen LogP contribution in [-0.2, 0) is 6.54 Å². The molecule has 0 unspecified atom stereocenters. The maximum Gasteiger partial charge on any atom is 0.147 e. The van der Waals surface area contributed by atoms with Gasteiger partial charge in [0.15, 0.2) is 0 Å². The molecule has 4 aromatic rings. The van der Waals surface area contributed by atoms with Gasteiger partial charge < -0.3 is 9.47 Å². The molecule has 2 fully saturated rings. The number of aromatic nitrogens is 3. The first-order valence-corrected chi connectivity index (χ1v) is 12.2. The van der Waals surface area contributed by atoms with E-state index in [1.54, 1.807) is 0 Å². The zero-order chi connectivity index (χ0) is 22.1. The van der Waals surface area contributed by atoms with Crippen LogP contribution in [0.3, 0.4) is 0 Å². The van der Waals surface area contributed by atoms with Gasteiger partial charge in [0.2, 0.25) is 0 Å². The predicted molar refractivity (Wildman–Crippen MR) is 134 cm³/mol. The lowest BCUT2D eigenvalue weighted by atomic mass is 9.72. The zero-order valence-electron chi connectivity index (χ0n) is 19.1. The lowest BCUT2D eigenvalue weighted by Crippen LogP contribution is -2.49. The number of nitrogens with zero attached hydrogens (tertiary/aromatic N) is 5. The molecule has 2 aliphatic rings. The first-order valence-electron chi connectivity index (χ1n) is 12.2. The van der Waals surface area contributed by atoms with Crippen molar-refractivity contribution >= 4 is 16.9 Å². The number of anilines is 1. The number of piperidine rings is 2. The maximum absolute atomic E-state index is 4.88. The summed E-state index contributed by atoms with van der Waals surface area (Å²) in [7, 11) is 0. The molecule has 33 heavy (non-hydrogen) atoms. The summed E-state index contributed by atoms with van der Waals surface area (Å²) < 4.78 is 2.19. The molecule has 2 aromatic carbocycles. The van der Waals surface area contributed by atoms with E-state index in [1.807, 2.05) is 24.4 Å². The Morgan fingerprint density at radius 2 is 1.64 bits per heavy atom. The van der Waals surface area contributed by atoms with Crippen LogP contribution in [0.5, 0.6) is 0 Å². The number of likely N-dealkylation sites (tertiary alicyclic amines) is 1. The highest BCUT2D eigenvalue weighted by Crippen LogP contribution is 2.41. The van der Waals surface area contributed by atoms with Crippen molar-refractivity contribution in [3.8, 4) is 5.69 Å². The summed E-state index contributed by atoms with van der Waals surface area (Å²) >= 11 is 0. The number of hydrogen-bond acceptors (Lipinski definition) is 4. The first-order chi connectivity index (χ1) is 16.3. The lowest BCUT2D eigenvalue weighted by molar-refractivity contribution is 0.0604. The third kappa shape index (κ3) is 4.25. The van der Waals surface area contributed by atoms with E-state index in [9.17, 15) is 0 Å². The van der Waals surface area contributed by atoms with Crippen molar-refractivity contribution in [1.29, 1.82) is 0 Å². The van der Waals surface area contributed by atoms with E-state index in [-0.39, 0.29) is 0 Å². The Labute approximate surface area is 195 Å². The molecule has 6 rings (SSSR count). The van der Waals surface area contributed by atoms with Crippen molar-refractivity contribution < 1.29 is 0 Å². The molecule has 1 spiro atoms. The third-order valence-corrected chi connectivity index (χ3v) is 7.54. The largest absolute Gasteiger partial charge is 0.355 e. The normalized spacial score (nSPS) is 18.7. The minimum Gasteiger partial charge on any atom is -0.355 e. The summed E-state index contributed by atoms with van der Waals surface area (Å²) in [5.74, 6) is 1.03. The van der Waals surface area contributed by atoms with Gasteiger partial charge in [0, 0.05) is 44.3 Å². The number of hydrogen-bond donors (Lipinski definition) is 0. The van der Waals surface area contributed by atoms with Gasteiger partial charge in [0.05, 0.1) is 17.2 Å². The molecule has 0 aliphatic carbocycles. The molecular weight excluding hydrogens is 406 g/mol. The summed E-state index contributed by atoms with van der Waals surface area (Å²) in [6.45, 7) is 5.60. The van der Waals surface area contributed by atoms with Crippen molar-refractivity contribution in [1.82, 2.24) is 19.4 Å². The van der Waals surface area contributed by atoms with Crippen LogP contribution in [0.15, 0.2) is 79.3 Å². The number of fused-ring (bicyclic) bond motifs is 1. The molecular formula is C28H31N5. The Hall–Kier alpha value is -3.18. The van der Waals surface area contributed by atoms with Gasteiger partial charge in [0.1, 0.15) is 5.82 Å². The molecule has 0 bridgehead atoms. The number of para-hydroxylation sites is 2. The second-order valence-electron chi connectivity index (χ2n) is 9.78. The van der Waals surface area contributed by atoms with Crippen molar-refractivity contribution in [2.24, 2.45) is 5.41 Å². The summed E-state index contributed by atoms with van der Waals surface area (Å²) in [6, 6.07) is 21.3. The lowest BCUT2D eigenvalue weighted by Gasteiger charge is -2.48. The van der Waals surface area contributed by atoms with Gasteiger partial charge >= 0.3 is 0 Å². The highest BCUT2D eigenvalue weighted by Gasteiger charge is 2.38. The molecule has 0 radical (unpaired) electrons. The van der Waals surface area contributed by atoms with E-state index >= 15 is 0 Å². The molecule has 0 saturated carbocycles. The van der Waals surface area contributed by atoms with Gasteiger partial charge in [-0.2, -0.15) is 0 Å². The third-order valence-electron chi connectivity index (χ3n) is 7.54. The van der Waals surface area contributed by atoms with E-state index < -0.39 is 0 Å².